The molecule has 0 radical (unpaired) electrons. The number of rotatable bonds is 3. The van der Waals surface area contributed by atoms with Gasteiger partial charge in [-0.15, -0.1) is 0 Å². The van der Waals surface area contributed by atoms with Gasteiger partial charge in [-0.25, -0.2) is 0 Å². The fourth-order valence-electron chi connectivity index (χ4n) is 2.16. The summed E-state index contributed by atoms with van der Waals surface area (Å²) in [5.74, 6) is 2.02. The van der Waals surface area contributed by atoms with Crippen molar-refractivity contribution in [1.29, 1.82) is 0 Å². The van der Waals surface area contributed by atoms with Crippen LogP contribution in [0.3, 0.4) is 0 Å². The van der Waals surface area contributed by atoms with Gasteiger partial charge in [0, 0.05) is 23.4 Å². The zero-order valence-corrected chi connectivity index (χ0v) is 10.6. The molecule has 0 aromatic carbocycles. The van der Waals surface area contributed by atoms with E-state index in [2.05, 4.69) is 20.4 Å². The zero-order chi connectivity index (χ0) is 12.5. The maximum atomic E-state index is 5.30. The highest BCUT2D eigenvalue weighted by Crippen LogP contribution is 2.19. The van der Waals surface area contributed by atoms with Crippen molar-refractivity contribution >= 4 is 0 Å². The molecule has 1 aliphatic rings. The van der Waals surface area contributed by atoms with Gasteiger partial charge in [-0.2, -0.15) is 4.98 Å². The van der Waals surface area contributed by atoms with Crippen molar-refractivity contribution in [1.82, 2.24) is 20.4 Å². The van der Waals surface area contributed by atoms with E-state index in [1.165, 1.54) is 0 Å². The Labute approximate surface area is 106 Å². The fraction of sp³-hybridized carbons (Fsp3) is 0.462. The minimum atomic E-state index is 0.638. The normalized spacial score (nSPS) is 15.7. The molecule has 18 heavy (non-hydrogen) atoms. The monoisotopic (exact) mass is 244 g/mol. The molecule has 2 aromatic heterocycles. The van der Waals surface area contributed by atoms with Crippen LogP contribution in [0.15, 0.2) is 16.7 Å². The molecule has 0 bridgehead atoms. The summed E-state index contributed by atoms with van der Waals surface area (Å²) in [6, 6.07) is 3.96. The van der Waals surface area contributed by atoms with Crippen LogP contribution in [-0.2, 0) is 6.42 Å². The molecule has 1 N–H and O–H groups in total. The van der Waals surface area contributed by atoms with Gasteiger partial charge in [-0.3, -0.25) is 4.98 Å². The predicted molar refractivity (Wildman–Crippen MR) is 67.1 cm³/mol. The first-order valence-electron chi connectivity index (χ1n) is 6.19. The lowest BCUT2D eigenvalue weighted by Gasteiger charge is -2.25. The van der Waals surface area contributed by atoms with Gasteiger partial charge in [0.1, 0.15) is 0 Å². The molecule has 3 rings (SSSR count). The van der Waals surface area contributed by atoms with E-state index in [4.69, 9.17) is 4.52 Å². The van der Waals surface area contributed by atoms with Crippen LogP contribution in [0.2, 0.25) is 0 Å². The first-order valence-corrected chi connectivity index (χ1v) is 6.19. The Hall–Kier alpha value is -1.75. The topological polar surface area (TPSA) is 63.8 Å². The van der Waals surface area contributed by atoms with Gasteiger partial charge in [0.2, 0.25) is 11.7 Å². The van der Waals surface area contributed by atoms with Crippen molar-refractivity contribution in [3.63, 3.8) is 0 Å². The van der Waals surface area contributed by atoms with Crippen LogP contribution < -0.4 is 5.32 Å². The van der Waals surface area contributed by atoms with E-state index in [-0.39, 0.29) is 0 Å². The number of hydrogen-bond donors (Lipinski definition) is 1. The molecule has 1 aliphatic heterocycles. The van der Waals surface area contributed by atoms with Gasteiger partial charge in [-0.1, -0.05) is 5.16 Å². The number of aromatic nitrogens is 3. The maximum Gasteiger partial charge on any atom is 0.227 e. The van der Waals surface area contributed by atoms with Gasteiger partial charge in [-0.05, 0) is 45.0 Å². The predicted octanol–water partition coefficient (Wildman–Crippen LogP) is 1.51. The van der Waals surface area contributed by atoms with Crippen LogP contribution in [0.1, 0.15) is 17.3 Å². The second-order valence-electron chi connectivity index (χ2n) is 4.88. The molecule has 2 aromatic rings. The summed E-state index contributed by atoms with van der Waals surface area (Å²) in [5, 5.41) is 7.28. The molecule has 0 amide bonds. The number of nitrogens with one attached hydrogen (secondary N) is 1. The molecule has 5 nitrogen and oxygen atoms in total. The molecule has 94 valence electrons. The lowest BCUT2D eigenvalue weighted by Crippen LogP contribution is -2.43. The minimum Gasteiger partial charge on any atom is -0.339 e. The summed E-state index contributed by atoms with van der Waals surface area (Å²) in [6.45, 7) is 6.03. The molecular formula is C13H16N4O. The second kappa shape index (κ2) is 4.49. The average molecular weight is 244 g/mol. The Balaban J connectivity index is 1.82. The SMILES string of the molecule is Cc1cc(-c2noc(CC3CNC3)n2)cc(C)n1. The lowest BCUT2D eigenvalue weighted by atomic mass is 10.00. The highest BCUT2D eigenvalue weighted by atomic mass is 16.5. The first-order chi connectivity index (χ1) is 8.70. The van der Waals surface area contributed by atoms with Crippen LogP contribution in [0, 0.1) is 19.8 Å². The molecule has 3 heterocycles. The summed E-state index contributed by atoms with van der Waals surface area (Å²) in [5.41, 5.74) is 2.92. The molecule has 0 spiro atoms. The van der Waals surface area contributed by atoms with E-state index < -0.39 is 0 Å². The maximum absolute atomic E-state index is 5.30. The van der Waals surface area contributed by atoms with Crippen LogP contribution in [0.4, 0.5) is 0 Å². The standard InChI is InChI=1S/C13H16N4O/c1-8-3-11(4-9(2)15-8)13-16-12(18-17-13)5-10-6-14-7-10/h3-4,10,14H,5-7H2,1-2H3. The zero-order valence-electron chi connectivity index (χ0n) is 10.6. The number of aryl methyl sites for hydroxylation is 2. The van der Waals surface area contributed by atoms with Crippen molar-refractivity contribution in [2.24, 2.45) is 5.92 Å². The third-order valence-electron chi connectivity index (χ3n) is 3.14. The number of hydrogen-bond acceptors (Lipinski definition) is 5. The van der Waals surface area contributed by atoms with Crippen molar-refractivity contribution < 1.29 is 4.52 Å². The molecule has 0 atom stereocenters. The fourth-order valence-corrected chi connectivity index (χ4v) is 2.16. The van der Waals surface area contributed by atoms with Crippen LogP contribution >= 0.6 is 0 Å². The van der Waals surface area contributed by atoms with Crippen LogP contribution in [0.25, 0.3) is 11.4 Å². The number of nitrogens with zero attached hydrogens (tertiary/aromatic N) is 3. The van der Waals surface area contributed by atoms with Crippen molar-refractivity contribution in [3.8, 4) is 11.4 Å². The third-order valence-corrected chi connectivity index (χ3v) is 3.14. The molecule has 1 fully saturated rings. The quantitative estimate of drug-likeness (QED) is 0.886. The van der Waals surface area contributed by atoms with E-state index >= 15 is 0 Å². The van der Waals surface area contributed by atoms with Gasteiger partial charge >= 0.3 is 0 Å². The Morgan fingerprint density at radius 3 is 2.56 bits per heavy atom. The molecule has 0 aliphatic carbocycles. The van der Waals surface area contributed by atoms with Gasteiger partial charge in [0.25, 0.3) is 0 Å². The van der Waals surface area contributed by atoms with Gasteiger partial charge in [0.15, 0.2) is 0 Å². The van der Waals surface area contributed by atoms with Gasteiger partial charge < -0.3 is 9.84 Å². The first kappa shape index (κ1) is 11.3. The Kier molecular flexibility index (Phi) is 2.83. The van der Waals surface area contributed by atoms with Crippen molar-refractivity contribution in [2.45, 2.75) is 20.3 Å². The van der Waals surface area contributed by atoms with E-state index in [0.717, 1.165) is 42.4 Å². The van der Waals surface area contributed by atoms with E-state index in [0.29, 0.717) is 11.7 Å². The lowest BCUT2D eigenvalue weighted by molar-refractivity contribution is 0.296. The second-order valence-corrected chi connectivity index (χ2v) is 4.88. The molecule has 5 heteroatoms. The van der Waals surface area contributed by atoms with E-state index in [9.17, 15) is 0 Å². The molecular weight excluding hydrogens is 228 g/mol. The highest BCUT2D eigenvalue weighted by Gasteiger charge is 2.20. The Morgan fingerprint density at radius 1 is 1.22 bits per heavy atom. The highest BCUT2D eigenvalue weighted by molar-refractivity contribution is 5.55. The summed E-state index contributed by atoms with van der Waals surface area (Å²) >= 11 is 0. The van der Waals surface area contributed by atoms with Crippen LogP contribution in [0.5, 0.6) is 0 Å². The number of pyridine rings is 1. The molecule has 0 saturated carbocycles. The van der Waals surface area contributed by atoms with Crippen LogP contribution in [-0.4, -0.2) is 28.2 Å². The average Bonchev–Trinajstić information content (AvgIpc) is 2.70. The van der Waals surface area contributed by atoms with E-state index in [1.54, 1.807) is 0 Å². The minimum absolute atomic E-state index is 0.638. The van der Waals surface area contributed by atoms with Gasteiger partial charge in [0.05, 0.1) is 0 Å². The summed E-state index contributed by atoms with van der Waals surface area (Å²) in [4.78, 5) is 8.79. The summed E-state index contributed by atoms with van der Waals surface area (Å²) in [7, 11) is 0. The third kappa shape index (κ3) is 2.26. The summed E-state index contributed by atoms with van der Waals surface area (Å²) < 4.78 is 5.30. The Morgan fingerprint density at radius 2 is 1.94 bits per heavy atom. The molecule has 1 saturated heterocycles. The Bertz CT molecular complexity index is 540. The smallest absolute Gasteiger partial charge is 0.227 e. The summed E-state index contributed by atoms with van der Waals surface area (Å²) in [6.07, 6.45) is 0.864. The van der Waals surface area contributed by atoms with Crippen molar-refractivity contribution in [3.05, 3.63) is 29.4 Å². The molecule has 0 unspecified atom stereocenters. The largest absolute Gasteiger partial charge is 0.339 e. The van der Waals surface area contributed by atoms with E-state index in [1.807, 2.05) is 26.0 Å². The van der Waals surface area contributed by atoms with Crippen molar-refractivity contribution in [2.75, 3.05) is 13.1 Å².